The fourth-order valence-electron chi connectivity index (χ4n) is 3.15. The maximum atomic E-state index is 13.9. The number of benzene rings is 2. The molecule has 29 heavy (non-hydrogen) atoms. The van der Waals surface area contributed by atoms with Gasteiger partial charge in [0.05, 0.1) is 21.6 Å². The van der Waals surface area contributed by atoms with E-state index in [4.69, 9.17) is 4.74 Å². The zero-order valence-corrected chi connectivity index (χ0v) is 16.7. The summed E-state index contributed by atoms with van der Waals surface area (Å²) in [6.07, 6.45) is 2.44. The van der Waals surface area contributed by atoms with Crippen LogP contribution in [-0.2, 0) is 27.3 Å². The van der Waals surface area contributed by atoms with Gasteiger partial charge in [0.2, 0.25) is 0 Å². The van der Waals surface area contributed by atoms with Crippen LogP contribution >= 0.6 is 11.3 Å². The molecule has 1 aliphatic carbocycles. The number of carbonyl (C=O) groups is 2. The second-order valence-corrected chi connectivity index (χ2v) is 8.20. The lowest BCUT2D eigenvalue weighted by atomic mass is 10.2. The second-order valence-electron chi connectivity index (χ2n) is 7.08. The third-order valence-electron chi connectivity index (χ3n) is 4.84. The smallest absolute Gasteiger partial charge is 0.306 e. The molecule has 0 radical (unpaired) electrons. The Morgan fingerprint density at radius 3 is 2.66 bits per heavy atom. The zero-order chi connectivity index (χ0) is 20.2. The number of hydrogen-bond donors (Lipinski definition) is 0. The summed E-state index contributed by atoms with van der Waals surface area (Å²) in [5, 5.41) is 0.869. The molecule has 1 fully saturated rings. The molecule has 1 heterocycles. The van der Waals surface area contributed by atoms with Gasteiger partial charge in [-0.05, 0) is 31.0 Å². The first-order chi connectivity index (χ1) is 14.1. The lowest BCUT2D eigenvalue weighted by Crippen LogP contribution is -2.36. The third kappa shape index (κ3) is 4.98. The summed E-state index contributed by atoms with van der Waals surface area (Å²) < 4.78 is 20.2. The molecule has 7 heteroatoms. The van der Waals surface area contributed by atoms with E-state index in [2.05, 4.69) is 4.98 Å². The molecule has 0 saturated heterocycles. The third-order valence-corrected chi connectivity index (χ3v) is 5.94. The molecule has 1 aromatic heterocycles. The highest BCUT2D eigenvalue weighted by Gasteiger charge is 2.33. The van der Waals surface area contributed by atoms with E-state index < -0.39 is 5.97 Å². The normalized spacial score (nSPS) is 13.4. The van der Waals surface area contributed by atoms with Crippen LogP contribution in [0.15, 0.2) is 48.5 Å². The van der Waals surface area contributed by atoms with Crippen LogP contribution < -0.4 is 0 Å². The molecule has 1 saturated carbocycles. The summed E-state index contributed by atoms with van der Waals surface area (Å²) in [4.78, 5) is 30.7. The molecule has 3 aromatic rings. The fraction of sp³-hybridized carbons (Fsp3) is 0.318. The van der Waals surface area contributed by atoms with Gasteiger partial charge in [0, 0.05) is 24.6 Å². The Morgan fingerprint density at radius 2 is 1.90 bits per heavy atom. The minimum Gasteiger partial charge on any atom is -0.456 e. The van der Waals surface area contributed by atoms with Gasteiger partial charge in [-0.1, -0.05) is 30.3 Å². The van der Waals surface area contributed by atoms with Gasteiger partial charge in [-0.2, -0.15) is 0 Å². The molecule has 0 bridgehead atoms. The van der Waals surface area contributed by atoms with Crippen molar-refractivity contribution in [2.45, 2.75) is 38.3 Å². The summed E-state index contributed by atoms with van der Waals surface area (Å²) in [6, 6.07) is 14.3. The predicted octanol–water partition coefficient (Wildman–Crippen LogP) is 4.10. The number of aryl methyl sites for hydroxylation is 1. The highest BCUT2D eigenvalue weighted by molar-refractivity contribution is 7.18. The van der Waals surface area contributed by atoms with E-state index in [0.717, 1.165) is 28.1 Å². The van der Waals surface area contributed by atoms with Crippen molar-refractivity contribution in [3.05, 3.63) is 64.9 Å². The van der Waals surface area contributed by atoms with Crippen molar-refractivity contribution in [2.75, 3.05) is 6.61 Å². The Bertz CT molecular complexity index is 999. The number of esters is 1. The summed E-state index contributed by atoms with van der Waals surface area (Å²) in [5.74, 6) is -1.05. The molecule has 1 aliphatic rings. The Labute approximate surface area is 172 Å². The van der Waals surface area contributed by atoms with E-state index >= 15 is 0 Å². The van der Waals surface area contributed by atoms with Crippen LogP contribution in [0.4, 0.5) is 4.39 Å². The van der Waals surface area contributed by atoms with Crippen molar-refractivity contribution in [3.8, 4) is 0 Å². The molecule has 150 valence electrons. The number of rotatable bonds is 8. The maximum Gasteiger partial charge on any atom is 0.306 e. The van der Waals surface area contributed by atoms with Crippen molar-refractivity contribution in [1.29, 1.82) is 0 Å². The van der Waals surface area contributed by atoms with Crippen LogP contribution in [0.25, 0.3) is 10.2 Å². The van der Waals surface area contributed by atoms with Crippen LogP contribution in [0, 0.1) is 5.82 Å². The van der Waals surface area contributed by atoms with Crippen molar-refractivity contribution in [3.63, 3.8) is 0 Å². The van der Waals surface area contributed by atoms with Crippen molar-refractivity contribution in [2.24, 2.45) is 0 Å². The molecular weight excluding hydrogens is 391 g/mol. The van der Waals surface area contributed by atoms with E-state index in [1.54, 1.807) is 34.4 Å². The van der Waals surface area contributed by atoms with Gasteiger partial charge >= 0.3 is 5.97 Å². The summed E-state index contributed by atoms with van der Waals surface area (Å²) in [5.41, 5.74) is 1.39. The van der Waals surface area contributed by atoms with Gasteiger partial charge in [0.25, 0.3) is 5.91 Å². The first kappa shape index (κ1) is 19.5. The van der Waals surface area contributed by atoms with Crippen molar-refractivity contribution in [1.82, 2.24) is 9.88 Å². The predicted molar refractivity (Wildman–Crippen MR) is 109 cm³/mol. The average Bonchev–Trinajstić information content (AvgIpc) is 3.48. The quantitative estimate of drug-likeness (QED) is 0.523. The minimum absolute atomic E-state index is 0.101. The van der Waals surface area contributed by atoms with E-state index in [0.29, 0.717) is 12.0 Å². The second kappa shape index (κ2) is 8.69. The van der Waals surface area contributed by atoms with Gasteiger partial charge < -0.3 is 9.64 Å². The summed E-state index contributed by atoms with van der Waals surface area (Å²) in [6.45, 7) is -0.122. The van der Waals surface area contributed by atoms with Crippen molar-refractivity contribution >= 4 is 33.4 Å². The number of carbonyl (C=O) groups excluding carboxylic acids is 2. The number of para-hydroxylation sites is 1. The standard InChI is InChI=1S/C22H21FN2O3S/c23-17-6-2-1-5-15(17)13-25(16-9-10-16)21(26)14-28-22(27)12-11-20-24-18-7-3-4-8-19(18)29-20/h1-8,16H,9-14H2. The summed E-state index contributed by atoms with van der Waals surface area (Å²) in [7, 11) is 0. The van der Waals surface area contributed by atoms with Crippen LogP contribution in [-0.4, -0.2) is 34.4 Å². The SMILES string of the molecule is O=C(CCc1nc2ccccc2s1)OCC(=O)N(Cc1ccccc1F)C1CC1. The lowest BCUT2D eigenvalue weighted by Gasteiger charge is -2.22. The zero-order valence-electron chi connectivity index (χ0n) is 15.8. The average molecular weight is 412 g/mol. The number of amides is 1. The number of halogens is 1. The molecule has 2 aromatic carbocycles. The number of aromatic nitrogens is 1. The van der Waals surface area contributed by atoms with E-state index in [9.17, 15) is 14.0 Å². The van der Waals surface area contributed by atoms with Crippen LogP contribution in [0.1, 0.15) is 29.8 Å². The molecule has 0 unspecified atom stereocenters. The molecule has 4 rings (SSSR count). The minimum atomic E-state index is -0.431. The van der Waals surface area contributed by atoms with Crippen LogP contribution in [0.5, 0.6) is 0 Å². The number of nitrogens with zero attached hydrogens (tertiary/aromatic N) is 2. The number of fused-ring (bicyclic) bond motifs is 1. The summed E-state index contributed by atoms with van der Waals surface area (Å²) >= 11 is 1.55. The highest BCUT2D eigenvalue weighted by atomic mass is 32.1. The Hall–Kier alpha value is -2.80. The van der Waals surface area contributed by atoms with Gasteiger partial charge in [0.15, 0.2) is 6.61 Å². The van der Waals surface area contributed by atoms with Crippen LogP contribution in [0.3, 0.4) is 0 Å². The van der Waals surface area contributed by atoms with Gasteiger partial charge in [-0.25, -0.2) is 9.37 Å². The monoisotopic (exact) mass is 412 g/mol. The number of thiazole rings is 1. The molecule has 0 aliphatic heterocycles. The number of hydrogen-bond acceptors (Lipinski definition) is 5. The first-order valence-electron chi connectivity index (χ1n) is 9.63. The van der Waals surface area contributed by atoms with Gasteiger partial charge in [0.1, 0.15) is 5.82 Å². The first-order valence-corrected chi connectivity index (χ1v) is 10.4. The number of ether oxygens (including phenoxy) is 1. The fourth-order valence-corrected chi connectivity index (χ4v) is 4.12. The Morgan fingerprint density at radius 1 is 1.14 bits per heavy atom. The molecule has 5 nitrogen and oxygen atoms in total. The highest BCUT2D eigenvalue weighted by Crippen LogP contribution is 2.29. The van der Waals surface area contributed by atoms with Gasteiger partial charge in [-0.3, -0.25) is 9.59 Å². The van der Waals surface area contributed by atoms with Gasteiger partial charge in [-0.15, -0.1) is 11.3 Å². The largest absolute Gasteiger partial charge is 0.456 e. The molecule has 1 amide bonds. The van der Waals surface area contributed by atoms with Crippen LogP contribution in [0.2, 0.25) is 0 Å². The lowest BCUT2D eigenvalue weighted by molar-refractivity contribution is -0.152. The van der Waals surface area contributed by atoms with E-state index in [1.807, 2.05) is 24.3 Å². The Balaban J connectivity index is 1.28. The molecule has 0 spiro atoms. The molecule has 0 N–H and O–H groups in total. The molecule has 0 atom stereocenters. The molecular formula is C22H21FN2O3S. The Kier molecular flexibility index (Phi) is 5.85. The van der Waals surface area contributed by atoms with E-state index in [1.165, 1.54) is 6.07 Å². The maximum absolute atomic E-state index is 13.9. The van der Waals surface area contributed by atoms with Crippen molar-refractivity contribution < 1.29 is 18.7 Å². The topological polar surface area (TPSA) is 59.5 Å². The van der Waals surface area contributed by atoms with E-state index in [-0.39, 0.29) is 37.3 Å².